The van der Waals surface area contributed by atoms with Gasteiger partial charge in [0.2, 0.25) is 5.91 Å². The van der Waals surface area contributed by atoms with Crippen LogP contribution in [0.25, 0.3) is 0 Å². The van der Waals surface area contributed by atoms with E-state index < -0.39 is 5.54 Å². The quantitative estimate of drug-likeness (QED) is 0.596. The number of anilines is 2. The molecule has 2 fully saturated rings. The lowest BCUT2D eigenvalue weighted by atomic mass is 9.78. The molecule has 0 radical (unpaired) electrons. The maximum absolute atomic E-state index is 13.8. The Morgan fingerprint density at radius 2 is 1.76 bits per heavy atom. The Balaban J connectivity index is 1.33. The minimum atomic E-state index is -0.482. The molecule has 6 nitrogen and oxygen atoms in total. The average Bonchev–Trinajstić information content (AvgIpc) is 3.27. The number of nitrogens with zero attached hydrogens (tertiary/aromatic N) is 1. The van der Waals surface area contributed by atoms with Gasteiger partial charge in [0, 0.05) is 36.3 Å². The van der Waals surface area contributed by atoms with Crippen LogP contribution in [-0.4, -0.2) is 35.0 Å². The van der Waals surface area contributed by atoms with Crippen molar-refractivity contribution in [1.82, 2.24) is 10.2 Å². The Morgan fingerprint density at radius 3 is 2.55 bits per heavy atom. The Labute approximate surface area is 196 Å². The second-order valence-electron chi connectivity index (χ2n) is 9.97. The summed E-state index contributed by atoms with van der Waals surface area (Å²) in [6.45, 7) is 3.00. The maximum Gasteiger partial charge on any atom is 0.319 e. The van der Waals surface area contributed by atoms with Crippen LogP contribution in [0.1, 0.15) is 63.5 Å². The van der Waals surface area contributed by atoms with Crippen molar-refractivity contribution in [2.24, 2.45) is 5.92 Å². The molecule has 6 heteroatoms. The summed E-state index contributed by atoms with van der Waals surface area (Å²) >= 11 is 0. The molecular weight excluding hydrogens is 412 g/mol. The standard InChI is InChI=1S/C27H34N4O2/c1-19-21-14-17-31(25(21)22-12-6-7-13-23(22)28-19)24(32)18-27(15-8-3-9-16-27)30-26(33)29-20-10-4-2-5-11-20/h2,4-7,10-13,19,21,25,28H,3,8-9,14-18H2,1H3,(H2,29,30,33)/t19-,21+,25+/m0/s1. The number of amides is 3. The summed E-state index contributed by atoms with van der Waals surface area (Å²) in [5, 5.41) is 9.79. The highest BCUT2D eigenvalue weighted by molar-refractivity contribution is 5.90. The van der Waals surface area contributed by atoms with Gasteiger partial charge in [0.25, 0.3) is 0 Å². The predicted molar refractivity (Wildman–Crippen MR) is 131 cm³/mol. The van der Waals surface area contributed by atoms with Gasteiger partial charge in [-0.05, 0) is 49.9 Å². The minimum absolute atomic E-state index is 0.115. The zero-order valence-corrected chi connectivity index (χ0v) is 19.3. The van der Waals surface area contributed by atoms with Crippen molar-refractivity contribution in [2.75, 3.05) is 17.2 Å². The number of hydrogen-bond donors (Lipinski definition) is 3. The Hall–Kier alpha value is -3.02. The van der Waals surface area contributed by atoms with E-state index in [1.54, 1.807) is 0 Å². The van der Waals surface area contributed by atoms with Gasteiger partial charge in [-0.25, -0.2) is 4.79 Å². The van der Waals surface area contributed by atoms with Crippen molar-refractivity contribution < 1.29 is 9.59 Å². The van der Waals surface area contributed by atoms with Crippen molar-refractivity contribution in [3.63, 3.8) is 0 Å². The first-order valence-corrected chi connectivity index (χ1v) is 12.3. The summed E-state index contributed by atoms with van der Waals surface area (Å²) in [5.41, 5.74) is 2.64. The lowest BCUT2D eigenvalue weighted by Gasteiger charge is -2.41. The lowest BCUT2D eigenvalue weighted by Crippen LogP contribution is -2.54. The molecule has 0 unspecified atom stereocenters. The van der Waals surface area contributed by atoms with Gasteiger partial charge < -0.3 is 20.9 Å². The molecule has 174 valence electrons. The SMILES string of the molecule is C[C@@H]1Nc2ccccc2[C@H]2[C@@H]1CCN2C(=O)CC1(NC(=O)Nc2ccccc2)CCCCC1. The van der Waals surface area contributed by atoms with Crippen LogP contribution in [0.5, 0.6) is 0 Å². The van der Waals surface area contributed by atoms with E-state index in [-0.39, 0.29) is 18.0 Å². The number of carbonyl (C=O) groups excluding carboxylic acids is 2. The number of likely N-dealkylation sites (tertiary alicyclic amines) is 1. The van der Waals surface area contributed by atoms with Crippen LogP contribution in [-0.2, 0) is 4.79 Å². The van der Waals surface area contributed by atoms with Gasteiger partial charge >= 0.3 is 6.03 Å². The Kier molecular flexibility index (Phi) is 6.00. The Bertz CT molecular complexity index is 1000. The maximum atomic E-state index is 13.8. The van der Waals surface area contributed by atoms with E-state index in [0.29, 0.717) is 18.4 Å². The van der Waals surface area contributed by atoms with Gasteiger partial charge in [-0.3, -0.25) is 4.79 Å². The fourth-order valence-electron chi connectivity index (χ4n) is 6.15. The molecule has 2 aromatic carbocycles. The van der Waals surface area contributed by atoms with Gasteiger partial charge in [-0.1, -0.05) is 55.7 Å². The van der Waals surface area contributed by atoms with Crippen molar-refractivity contribution in [3.8, 4) is 0 Å². The number of carbonyl (C=O) groups is 2. The zero-order valence-electron chi connectivity index (χ0n) is 19.3. The third kappa shape index (κ3) is 4.43. The number of benzene rings is 2. The van der Waals surface area contributed by atoms with Crippen LogP contribution < -0.4 is 16.0 Å². The van der Waals surface area contributed by atoms with Crippen LogP contribution in [0.4, 0.5) is 16.2 Å². The molecule has 0 bridgehead atoms. The molecule has 3 N–H and O–H groups in total. The molecule has 33 heavy (non-hydrogen) atoms. The number of fused-ring (bicyclic) bond motifs is 3. The van der Waals surface area contributed by atoms with Crippen LogP contribution in [0.15, 0.2) is 54.6 Å². The number of rotatable bonds is 4. The molecule has 1 aliphatic carbocycles. The second-order valence-corrected chi connectivity index (χ2v) is 9.97. The second kappa shape index (κ2) is 9.08. The number of urea groups is 1. The predicted octanol–water partition coefficient (Wildman–Crippen LogP) is 5.30. The molecule has 5 rings (SSSR count). The topological polar surface area (TPSA) is 73.5 Å². The molecule has 2 aliphatic heterocycles. The molecule has 3 atom stereocenters. The first-order chi connectivity index (χ1) is 16.0. The molecule has 1 saturated heterocycles. The summed E-state index contributed by atoms with van der Waals surface area (Å²) in [4.78, 5) is 28.7. The van der Waals surface area contributed by atoms with E-state index in [1.165, 1.54) is 5.56 Å². The largest absolute Gasteiger partial charge is 0.382 e. The molecule has 3 amide bonds. The molecular formula is C27H34N4O2. The third-order valence-corrected chi connectivity index (χ3v) is 7.78. The van der Waals surface area contributed by atoms with Gasteiger partial charge in [0.15, 0.2) is 0 Å². The molecule has 0 spiro atoms. The van der Waals surface area contributed by atoms with Gasteiger partial charge in [0.05, 0.1) is 11.6 Å². The van der Waals surface area contributed by atoms with Crippen molar-refractivity contribution in [2.45, 2.75) is 69.5 Å². The van der Waals surface area contributed by atoms with E-state index in [2.05, 4.69) is 46.0 Å². The average molecular weight is 447 g/mol. The highest BCUT2D eigenvalue weighted by atomic mass is 16.2. The molecule has 2 aromatic rings. The monoisotopic (exact) mass is 446 g/mol. The fourth-order valence-corrected chi connectivity index (χ4v) is 6.15. The number of hydrogen-bond acceptors (Lipinski definition) is 3. The highest BCUT2D eigenvalue weighted by Gasteiger charge is 2.46. The lowest BCUT2D eigenvalue weighted by molar-refractivity contribution is -0.134. The summed E-state index contributed by atoms with van der Waals surface area (Å²) in [7, 11) is 0. The van der Waals surface area contributed by atoms with Crippen molar-refractivity contribution in [3.05, 3.63) is 60.2 Å². The van der Waals surface area contributed by atoms with Gasteiger partial charge in [-0.15, -0.1) is 0 Å². The molecule has 2 heterocycles. The van der Waals surface area contributed by atoms with E-state index in [9.17, 15) is 9.59 Å². The molecule has 1 saturated carbocycles. The smallest absolute Gasteiger partial charge is 0.319 e. The zero-order chi connectivity index (χ0) is 22.8. The minimum Gasteiger partial charge on any atom is -0.382 e. The molecule has 0 aromatic heterocycles. The summed E-state index contributed by atoms with van der Waals surface area (Å²) in [5.74, 6) is 0.578. The van der Waals surface area contributed by atoms with Crippen LogP contribution in [0, 0.1) is 5.92 Å². The number of para-hydroxylation sites is 2. The van der Waals surface area contributed by atoms with Crippen LogP contribution in [0.3, 0.4) is 0 Å². The Morgan fingerprint density at radius 1 is 1.03 bits per heavy atom. The first-order valence-electron chi connectivity index (χ1n) is 12.3. The fraction of sp³-hybridized carbons (Fsp3) is 0.481. The van der Waals surface area contributed by atoms with Crippen LogP contribution in [0.2, 0.25) is 0 Å². The van der Waals surface area contributed by atoms with E-state index >= 15 is 0 Å². The van der Waals surface area contributed by atoms with Gasteiger partial charge in [0.1, 0.15) is 0 Å². The van der Waals surface area contributed by atoms with E-state index in [0.717, 1.165) is 56.4 Å². The first kappa shape index (κ1) is 21.8. The van der Waals surface area contributed by atoms with E-state index in [4.69, 9.17) is 0 Å². The third-order valence-electron chi connectivity index (χ3n) is 7.78. The summed E-state index contributed by atoms with van der Waals surface area (Å²) < 4.78 is 0. The number of nitrogens with one attached hydrogen (secondary N) is 3. The summed E-state index contributed by atoms with van der Waals surface area (Å²) in [6.07, 6.45) is 6.29. The van der Waals surface area contributed by atoms with Crippen LogP contribution >= 0.6 is 0 Å². The highest BCUT2D eigenvalue weighted by Crippen LogP contribution is 2.47. The normalized spacial score (nSPS) is 25.4. The van der Waals surface area contributed by atoms with Crippen molar-refractivity contribution >= 4 is 23.3 Å². The van der Waals surface area contributed by atoms with E-state index in [1.807, 2.05) is 36.4 Å². The molecule has 3 aliphatic rings. The van der Waals surface area contributed by atoms with Crippen molar-refractivity contribution in [1.29, 1.82) is 0 Å². The summed E-state index contributed by atoms with van der Waals surface area (Å²) in [6, 6.07) is 18.1. The van der Waals surface area contributed by atoms with Gasteiger partial charge in [-0.2, -0.15) is 0 Å².